The van der Waals surface area contributed by atoms with Crippen molar-refractivity contribution in [2.45, 2.75) is 11.4 Å². The van der Waals surface area contributed by atoms with Crippen LogP contribution < -0.4 is 15.9 Å². The number of carbonyl (C=O) groups excluding carboxylic acids is 1. The van der Waals surface area contributed by atoms with Crippen molar-refractivity contribution in [1.29, 1.82) is 0 Å². The van der Waals surface area contributed by atoms with Crippen molar-refractivity contribution in [2.75, 3.05) is 19.4 Å². The minimum atomic E-state index is -1.10. The van der Waals surface area contributed by atoms with Gasteiger partial charge in [0, 0.05) is 39.6 Å². The Hall–Kier alpha value is -3.98. The van der Waals surface area contributed by atoms with Crippen LogP contribution in [0.5, 0.6) is 5.75 Å². The summed E-state index contributed by atoms with van der Waals surface area (Å²) in [5.74, 6) is 0.594. The molecule has 0 spiro atoms. The summed E-state index contributed by atoms with van der Waals surface area (Å²) in [6.45, 7) is 1.19. The van der Waals surface area contributed by atoms with E-state index >= 15 is 0 Å². The number of aromatic amines is 2. The van der Waals surface area contributed by atoms with Gasteiger partial charge in [0.15, 0.2) is 0 Å². The second kappa shape index (κ2) is 8.75. The van der Waals surface area contributed by atoms with Gasteiger partial charge in [-0.05, 0) is 59.7 Å². The molecule has 1 aliphatic rings. The molecule has 0 radical (unpaired) electrons. The summed E-state index contributed by atoms with van der Waals surface area (Å²) in [6.07, 6.45) is 1.60. The molecule has 1 aliphatic heterocycles. The highest BCUT2D eigenvalue weighted by molar-refractivity contribution is 7.84. The fourth-order valence-corrected chi connectivity index (χ4v) is 4.53. The molecule has 0 saturated carbocycles. The number of benzene rings is 3. The summed E-state index contributed by atoms with van der Waals surface area (Å²) in [7, 11) is -1.10. The first-order valence-corrected chi connectivity index (χ1v) is 12.2. The lowest BCUT2D eigenvalue weighted by molar-refractivity contribution is 0.0733. The smallest absolute Gasteiger partial charge is 0.314 e. The number of ether oxygens (including phenoxy) is 1. The molecule has 0 saturated heterocycles. The maximum atomic E-state index is 13.1. The van der Waals surface area contributed by atoms with Gasteiger partial charge < -0.3 is 19.6 Å². The Morgan fingerprint density at radius 3 is 2.32 bits per heavy atom. The van der Waals surface area contributed by atoms with E-state index in [1.807, 2.05) is 24.3 Å². The summed E-state index contributed by atoms with van der Waals surface area (Å²) < 4.78 is 17.5. The molecule has 34 heavy (non-hydrogen) atoms. The molecule has 9 heteroatoms. The molecule has 3 aromatic carbocycles. The number of hydrogen-bond acceptors (Lipinski definition) is 5. The zero-order valence-corrected chi connectivity index (χ0v) is 19.1. The summed E-state index contributed by atoms with van der Waals surface area (Å²) in [5.41, 5.74) is 2.81. The van der Waals surface area contributed by atoms with E-state index in [4.69, 9.17) is 4.74 Å². The molecule has 1 atom stereocenters. The van der Waals surface area contributed by atoms with Gasteiger partial charge in [0.05, 0.1) is 17.6 Å². The van der Waals surface area contributed by atoms with Crippen LogP contribution in [0.25, 0.3) is 22.2 Å². The van der Waals surface area contributed by atoms with Crippen LogP contribution in [0, 0.1) is 0 Å². The number of H-pyrrole nitrogens is 2. The molecule has 5 rings (SSSR count). The molecule has 0 fully saturated rings. The summed E-state index contributed by atoms with van der Waals surface area (Å²) >= 11 is 0. The third kappa shape index (κ3) is 4.17. The number of carbonyl (C=O) groups is 1. The lowest BCUT2D eigenvalue weighted by atomic mass is 10.0. The Balaban J connectivity index is 1.45. The zero-order chi connectivity index (χ0) is 23.8. The van der Waals surface area contributed by atoms with E-state index in [-0.39, 0.29) is 5.91 Å². The molecule has 0 bridgehead atoms. The van der Waals surface area contributed by atoms with Crippen LogP contribution in [0.2, 0.25) is 0 Å². The van der Waals surface area contributed by atoms with Gasteiger partial charge in [-0.15, -0.1) is 0 Å². The highest BCUT2D eigenvalue weighted by Crippen LogP contribution is 2.30. The number of rotatable bonds is 3. The van der Waals surface area contributed by atoms with E-state index in [1.54, 1.807) is 47.6 Å². The van der Waals surface area contributed by atoms with Crippen molar-refractivity contribution in [3.8, 4) is 16.9 Å². The quantitative estimate of drug-likeness (QED) is 0.443. The molecule has 1 unspecified atom stereocenters. The Morgan fingerprint density at radius 2 is 1.59 bits per heavy atom. The summed E-state index contributed by atoms with van der Waals surface area (Å²) in [6, 6.07) is 18.0. The minimum absolute atomic E-state index is 0.123. The molecule has 172 valence electrons. The molecular weight excluding hydrogens is 454 g/mol. The van der Waals surface area contributed by atoms with Gasteiger partial charge in [0.25, 0.3) is 5.91 Å². The van der Waals surface area contributed by atoms with Crippen molar-refractivity contribution in [1.82, 2.24) is 14.9 Å². The average molecular weight is 476 g/mol. The average Bonchev–Trinajstić information content (AvgIpc) is 3.06. The topological polar surface area (TPSA) is 112 Å². The number of nitrogens with zero attached hydrogens (tertiary/aromatic N) is 1. The molecule has 2 N–H and O–H groups in total. The van der Waals surface area contributed by atoms with Crippen molar-refractivity contribution < 1.29 is 13.7 Å². The predicted octanol–water partition coefficient (Wildman–Crippen LogP) is 2.66. The van der Waals surface area contributed by atoms with Crippen LogP contribution >= 0.6 is 0 Å². The molecule has 8 nitrogen and oxygen atoms in total. The van der Waals surface area contributed by atoms with Crippen LogP contribution in [0.15, 0.2) is 75.1 Å². The van der Waals surface area contributed by atoms with Crippen molar-refractivity contribution in [3.05, 3.63) is 92.5 Å². The number of nitrogens with one attached hydrogen (secondary N) is 2. The summed E-state index contributed by atoms with van der Waals surface area (Å²) in [5, 5.41) is 0. The van der Waals surface area contributed by atoms with Crippen LogP contribution in [-0.4, -0.2) is 44.4 Å². The van der Waals surface area contributed by atoms with E-state index in [2.05, 4.69) is 9.97 Å². The highest BCUT2D eigenvalue weighted by Gasteiger charge is 2.22. The Kier molecular flexibility index (Phi) is 5.62. The van der Waals surface area contributed by atoms with E-state index in [1.165, 1.54) is 0 Å². The van der Waals surface area contributed by atoms with Gasteiger partial charge in [-0.3, -0.25) is 18.6 Å². The van der Waals surface area contributed by atoms with Crippen LogP contribution in [0.1, 0.15) is 15.9 Å². The summed E-state index contributed by atoms with van der Waals surface area (Å²) in [4.78, 5) is 44.0. The zero-order valence-electron chi connectivity index (χ0n) is 18.3. The van der Waals surface area contributed by atoms with Gasteiger partial charge in [0.2, 0.25) is 0 Å². The first kappa shape index (κ1) is 21.8. The van der Waals surface area contributed by atoms with Crippen LogP contribution in [-0.2, 0) is 17.3 Å². The fourth-order valence-electron chi connectivity index (χ4n) is 4.01. The maximum Gasteiger partial charge on any atom is 0.314 e. The Labute approximate surface area is 196 Å². The molecule has 0 aliphatic carbocycles. The van der Waals surface area contributed by atoms with Crippen molar-refractivity contribution in [3.63, 3.8) is 0 Å². The second-order valence-electron chi connectivity index (χ2n) is 8.04. The third-order valence-corrected chi connectivity index (χ3v) is 6.75. The standard InChI is InChI=1S/C25H21N3O5S/c1-34(32)19-6-2-15(3-7-19)25(31)28-10-11-33-22-9-5-16(12-18(22)14-28)17-4-8-20-21(13-17)27-24(30)23(29)26-20/h2-9,12-13H,10-11,14H2,1H3,(H,26,29)(H,27,30). The normalized spacial score (nSPS) is 14.2. The molecular formula is C25H21N3O5S. The third-order valence-electron chi connectivity index (χ3n) is 5.82. The van der Waals surface area contributed by atoms with Crippen LogP contribution in [0.3, 0.4) is 0 Å². The van der Waals surface area contributed by atoms with Gasteiger partial charge in [-0.1, -0.05) is 12.1 Å². The van der Waals surface area contributed by atoms with Gasteiger partial charge in [0.1, 0.15) is 12.4 Å². The molecule has 1 amide bonds. The number of amides is 1. The van der Waals surface area contributed by atoms with E-state index in [0.717, 1.165) is 16.7 Å². The monoisotopic (exact) mass is 475 g/mol. The Bertz CT molecular complexity index is 1560. The van der Waals surface area contributed by atoms with E-state index in [9.17, 15) is 18.6 Å². The van der Waals surface area contributed by atoms with Crippen molar-refractivity contribution in [2.24, 2.45) is 0 Å². The fraction of sp³-hybridized carbons (Fsp3) is 0.160. The largest absolute Gasteiger partial charge is 0.491 e. The minimum Gasteiger partial charge on any atom is -0.491 e. The maximum absolute atomic E-state index is 13.1. The lowest BCUT2D eigenvalue weighted by Crippen LogP contribution is -2.32. The molecule has 4 aromatic rings. The highest BCUT2D eigenvalue weighted by atomic mass is 32.2. The first-order valence-electron chi connectivity index (χ1n) is 10.6. The number of aromatic nitrogens is 2. The van der Waals surface area contributed by atoms with Gasteiger partial charge in [-0.25, -0.2) is 0 Å². The van der Waals surface area contributed by atoms with Crippen LogP contribution in [0.4, 0.5) is 0 Å². The SMILES string of the molecule is CS(=O)c1ccc(C(=O)N2CCOc3ccc(-c4ccc5[nH]c(=O)c(=O)[nH]c5c4)cc3C2)cc1. The molecule has 1 aromatic heterocycles. The molecule has 2 heterocycles. The Morgan fingerprint density at radius 1 is 0.912 bits per heavy atom. The second-order valence-corrected chi connectivity index (χ2v) is 9.42. The van der Waals surface area contributed by atoms with Gasteiger partial charge in [-0.2, -0.15) is 0 Å². The predicted molar refractivity (Wildman–Crippen MR) is 130 cm³/mol. The van der Waals surface area contributed by atoms with Gasteiger partial charge >= 0.3 is 11.1 Å². The lowest BCUT2D eigenvalue weighted by Gasteiger charge is -2.20. The number of fused-ring (bicyclic) bond motifs is 2. The van der Waals surface area contributed by atoms with E-state index < -0.39 is 21.9 Å². The number of hydrogen-bond donors (Lipinski definition) is 2. The first-order chi connectivity index (χ1) is 16.4. The van der Waals surface area contributed by atoms with Crippen molar-refractivity contribution >= 4 is 27.7 Å². The van der Waals surface area contributed by atoms with E-state index in [0.29, 0.717) is 46.9 Å².